The third-order valence-electron chi connectivity index (χ3n) is 3.54. The van der Waals surface area contributed by atoms with Gasteiger partial charge in [-0.2, -0.15) is 0 Å². The molecule has 0 aliphatic carbocycles. The van der Waals surface area contributed by atoms with Crippen LogP contribution in [0.1, 0.15) is 26.7 Å². The van der Waals surface area contributed by atoms with Gasteiger partial charge in [-0.1, -0.05) is 26.0 Å². The zero-order valence-electron chi connectivity index (χ0n) is 15.2. The van der Waals surface area contributed by atoms with Crippen LogP contribution in [0.2, 0.25) is 0 Å². The van der Waals surface area contributed by atoms with Crippen LogP contribution in [0, 0.1) is 0 Å². The quantitative estimate of drug-likeness (QED) is 0.659. The summed E-state index contributed by atoms with van der Waals surface area (Å²) in [5.74, 6) is -0.0251. The van der Waals surface area contributed by atoms with Crippen LogP contribution in [0.5, 0.6) is 0 Å². The summed E-state index contributed by atoms with van der Waals surface area (Å²) in [5.41, 5.74) is 0.813. The number of nitrogens with one attached hydrogen (secondary N) is 1. The van der Waals surface area contributed by atoms with Crippen molar-refractivity contribution < 1.29 is 9.59 Å². The second-order valence-electron chi connectivity index (χ2n) is 5.80. The summed E-state index contributed by atoms with van der Waals surface area (Å²) in [4.78, 5) is 29.2. The molecule has 0 saturated carbocycles. The molecule has 0 unspecified atom stereocenters. The van der Waals surface area contributed by atoms with E-state index in [0.717, 1.165) is 36.5 Å². The number of thioether (sulfide) groups is 1. The number of hydrogen-bond donors (Lipinski definition) is 1. The number of anilines is 1. The van der Waals surface area contributed by atoms with Gasteiger partial charge in [0, 0.05) is 18.0 Å². The van der Waals surface area contributed by atoms with Crippen molar-refractivity contribution in [3.63, 3.8) is 0 Å². The van der Waals surface area contributed by atoms with E-state index >= 15 is 0 Å². The van der Waals surface area contributed by atoms with E-state index in [9.17, 15) is 9.59 Å². The first-order valence-electron chi connectivity index (χ1n) is 8.41. The molecule has 0 aromatic heterocycles. The summed E-state index contributed by atoms with van der Waals surface area (Å²) in [7, 11) is 1.80. The van der Waals surface area contributed by atoms with Gasteiger partial charge in [0.2, 0.25) is 11.8 Å². The molecular formula is C18H29N3O2S. The molecule has 1 aromatic rings. The topological polar surface area (TPSA) is 52.7 Å². The van der Waals surface area contributed by atoms with Crippen molar-refractivity contribution >= 4 is 29.3 Å². The van der Waals surface area contributed by atoms with E-state index < -0.39 is 0 Å². The van der Waals surface area contributed by atoms with Crippen LogP contribution in [0.4, 0.5) is 5.69 Å². The van der Waals surface area contributed by atoms with Crippen LogP contribution < -0.4 is 5.32 Å². The number of carbonyl (C=O) groups is 2. The Morgan fingerprint density at radius 3 is 2.29 bits per heavy atom. The average Bonchev–Trinajstić information content (AvgIpc) is 2.54. The van der Waals surface area contributed by atoms with Gasteiger partial charge in [-0.15, -0.1) is 11.8 Å². The Morgan fingerprint density at radius 1 is 1.08 bits per heavy atom. The van der Waals surface area contributed by atoms with Crippen molar-refractivity contribution in [2.24, 2.45) is 0 Å². The molecule has 0 heterocycles. The van der Waals surface area contributed by atoms with Gasteiger partial charge >= 0.3 is 0 Å². The Hall–Kier alpha value is -1.53. The van der Waals surface area contributed by atoms with Gasteiger partial charge in [-0.05, 0) is 38.3 Å². The lowest BCUT2D eigenvalue weighted by molar-refractivity contribution is -0.132. The number of rotatable bonds is 10. The molecule has 134 valence electrons. The maximum atomic E-state index is 12.3. The Bertz CT molecular complexity index is 531. The van der Waals surface area contributed by atoms with Gasteiger partial charge in [0.25, 0.3) is 0 Å². The highest BCUT2D eigenvalue weighted by molar-refractivity contribution is 7.98. The Labute approximate surface area is 149 Å². The lowest BCUT2D eigenvalue weighted by atomic mass is 10.3. The lowest BCUT2D eigenvalue weighted by Crippen LogP contribution is -2.42. The normalized spacial score (nSPS) is 10.7. The average molecular weight is 352 g/mol. The first kappa shape index (κ1) is 20.5. The highest BCUT2D eigenvalue weighted by atomic mass is 32.2. The second kappa shape index (κ2) is 11.1. The first-order valence-corrected chi connectivity index (χ1v) is 9.63. The molecule has 0 atom stereocenters. The molecule has 0 radical (unpaired) electrons. The number of hydrogen-bond acceptors (Lipinski definition) is 4. The molecule has 0 spiro atoms. The monoisotopic (exact) mass is 351 g/mol. The van der Waals surface area contributed by atoms with E-state index in [-0.39, 0.29) is 24.9 Å². The highest BCUT2D eigenvalue weighted by Crippen LogP contribution is 2.24. The molecule has 0 fully saturated rings. The SMILES string of the molecule is CCCN(CCC)C(=O)CN(C)CC(=O)Nc1ccccc1SC. The van der Waals surface area contributed by atoms with Gasteiger partial charge in [0.05, 0.1) is 18.8 Å². The third-order valence-corrected chi connectivity index (χ3v) is 4.34. The van der Waals surface area contributed by atoms with Crippen LogP contribution in [-0.4, -0.2) is 61.1 Å². The molecule has 5 nitrogen and oxygen atoms in total. The van der Waals surface area contributed by atoms with E-state index in [4.69, 9.17) is 0 Å². The highest BCUT2D eigenvalue weighted by Gasteiger charge is 2.16. The summed E-state index contributed by atoms with van der Waals surface area (Å²) in [6.07, 6.45) is 3.87. The van der Waals surface area contributed by atoms with Gasteiger partial charge in [0.15, 0.2) is 0 Å². The van der Waals surface area contributed by atoms with Gasteiger partial charge in [-0.3, -0.25) is 14.5 Å². The maximum Gasteiger partial charge on any atom is 0.238 e. The number of para-hydroxylation sites is 1. The first-order chi connectivity index (χ1) is 11.5. The predicted octanol–water partition coefficient (Wildman–Crippen LogP) is 2.93. The third kappa shape index (κ3) is 6.93. The Kier molecular flexibility index (Phi) is 9.49. The van der Waals surface area contributed by atoms with Gasteiger partial charge in [-0.25, -0.2) is 0 Å². The van der Waals surface area contributed by atoms with Crippen LogP contribution >= 0.6 is 11.8 Å². The van der Waals surface area contributed by atoms with Crippen molar-refractivity contribution in [1.82, 2.24) is 9.80 Å². The summed E-state index contributed by atoms with van der Waals surface area (Å²) in [5, 5.41) is 2.92. The molecule has 0 aliphatic heterocycles. The van der Waals surface area contributed by atoms with Crippen molar-refractivity contribution in [1.29, 1.82) is 0 Å². The Balaban J connectivity index is 2.52. The summed E-state index contributed by atoms with van der Waals surface area (Å²) < 4.78 is 0. The van der Waals surface area contributed by atoms with Crippen LogP contribution in [-0.2, 0) is 9.59 Å². The molecule has 0 aliphatic rings. The molecule has 1 aromatic carbocycles. The number of amides is 2. The predicted molar refractivity (Wildman–Crippen MR) is 102 cm³/mol. The molecular weight excluding hydrogens is 322 g/mol. The molecule has 0 saturated heterocycles. The molecule has 1 rings (SSSR count). The van der Waals surface area contributed by atoms with Crippen molar-refractivity contribution in [2.75, 3.05) is 44.8 Å². The fourth-order valence-electron chi connectivity index (χ4n) is 2.47. The van der Waals surface area contributed by atoms with Crippen molar-refractivity contribution in [2.45, 2.75) is 31.6 Å². The fraction of sp³-hybridized carbons (Fsp3) is 0.556. The lowest BCUT2D eigenvalue weighted by Gasteiger charge is -2.24. The van der Waals surface area contributed by atoms with Crippen molar-refractivity contribution in [3.05, 3.63) is 24.3 Å². The molecule has 24 heavy (non-hydrogen) atoms. The molecule has 2 amide bonds. The maximum absolute atomic E-state index is 12.3. The zero-order chi connectivity index (χ0) is 17.9. The molecule has 6 heteroatoms. The summed E-state index contributed by atoms with van der Waals surface area (Å²) >= 11 is 1.59. The minimum Gasteiger partial charge on any atom is -0.342 e. The summed E-state index contributed by atoms with van der Waals surface area (Å²) in [6.45, 7) is 6.13. The minimum absolute atomic E-state index is 0.0820. The fourth-order valence-corrected chi connectivity index (χ4v) is 3.02. The van der Waals surface area contributed by atoms with Crippen LogP contribution in [0.15, 0.2) is 29.2 Å². The van der Waals surface area contributed by atoms with Crippen LogP contribution in [0.25, 0.3) is 0 Å². The summed E-state index contributed by atoms with van der Waals surface area (Å²) in [6, 6.07) is 7.71. The zero-order valence-corrected chi connectivity index (χ0v) is 16.0. The molecule has 0 bridgehead atoms. The minimum atomic E-state index is -0.107. The van der Waals surface area contributed by atoms with E-state index in [2.05, 4.69) is 19.2 Å². The molecule has 1 N–H and O–H groups in total. The number of benzene rings is 1. The van der Waals surface area contributed by atoms with Crippen molar-refractivity contribution in [3.8, 4) is 0 Å². The van der Waals surface area contributed by atoms with Gasteiger partial charge in [0.1, 0.15) is 0 Å². The van der Waals surface area contributed by atoms with E-state index in [1.54, 1.807) is 23.7 Å². The number of likely N-dealkylation sites (N-methyl/N-ethyl adjacent to an activating group) is 1. The Morgan fingerprint density at radius 2 is 1.71 bits per heavy atom. The van der Waals surface area contributed by atoms with Gasteiger partial charge < -0.3 is 10.2 Å². The van der Waals surface area contributed by atoms with E-state index in [0.29, 0.717) is 0 Å². The standard InChI is InChI=1S/C18H29N3O2S/c1-5-11-21(12-6-2)18(23)14-20(3)13-17(22)19-15-9-7-8-10-16(15)24-4/h7-10H,5-6,11-14H2,1-4H3,(H,19,22). The van der Waals surface area contributed by atoms with E-state index in [1.165, 1.54) is 0 Å². The second-order valence-corrected chi connectivity index (χ2v) is 6.65. The smallest absolute Gasteiger partial charge is 0.238 e. The van der Waals surface area contributed by atoms with Crippen LogP contribution in [0.3, 0.4) is 0 Å². The number of carbonyl (C=O) groups excluding carboxylic acids is 2. The largest absolute Gasteiger partial charge is 0.342 e. The number of nitrogens with zero attached hydrogens (tertiary/aromatic N) is 2. The van der Waals surface area contributed by atoms with E-state index in [1.807, 2.05) is 35.4 Å².